The highest BCUT2D eigenvalue weighted by Gasteiger charge is 2.43. The van der Waals surface area contributed by atoms with Crippen molar-refractivity contribution in [3.63, 3.8) is 0 Å². The van der Waals surface area contributed by atoms with E-state index in [2.05, 4.69) is 22.7 Å². The minimum atomic E-state index is 0.0377. The lowest BCUT2D eigenvalue weighted by atomic mass is 10.1. The summed E-state index contributed by atoms with van der Waals surface area (Å²) in [5.41, 5.74) is 3.86. The van der Waals surface area contributed by atoms with Crippen LogP contribution in [0.25, 0.3) is 0 Å². The molecule has 1 aliphatic rings. The molecule has 3 heteroatoms. The van der Waals surface area contributed by atoms with E-state index in [1.165, 1.54) is 5.56 Å². The summed E-state index contributed by atoms with van der Waals surface area (Å²) in [7, 11) is 0. The second-order valence-corrected chi connectivity index (χ2v) is 4.86. The maximum atomic E-state index is 11.7. The SMILES string of the molecule is CC(C)C=NNC(=O)C1CC1c1ccccc1. The molecule has 2 atom stereocenters. The Balaban J connectivity index is 1.85. The second-order valence-electron chi connectivity index (χ2n) is 4.86. The predicted molar refractivity (Wildman–Crippen MR) is 68.8 cm³/mol. The van der Waals surface area contributed by atoms with E-state index < -0.39 is 0 Å². The van der Waals surface area contributed by atoms with Crippen LogP contribution in [0.15, 0.2) is 35.4 Å². The van der Waals surface area contributed by atoms with Gasteiger partial charge < -0.3 is 0 Å². The molecule has 1 aromatic rings. The van der Waals surface area contributed by atoms with Gasteiger partial charge in [-0.05, 0) is 23.8 Å². The van der Waals surface area contributed by atoms with Gasteiger partial charge in [-0.1, -0.05) is 44.2 Å². The molecule has 0 heterocycles. The van der Waals surface area contributed by atoms with Crippen LogP contribution in [0.4, 0.5) is 0 Å². The van der Waals surface area contributed by atoms with Gasteiger partial charge in [0.1, 0.15) is 0 Å². The van der Waals surface area contributed by atoms with E-state index in [9.17, 15) is 4.79 Å². The Morgan fingerprint density at radius 2 is 2.12 bits per heavy atom. The van der Waals surface area contributed by atoms with Crippen LogP contribution in [0, 0.1) is 11.8 Å². The van der Waals surface area contributed by atoms with E-state index >= 15 is 0 Å². The fraction of sp³-hybridized carbons (Fsp3) is 0.429. The molecule has 1 aromatic carbocycles. The zero-order valence-electron chi connectivity index (χ0n) is 10.3. The van der Waals surface area contributed by atoms with E-state index in [4.69, 9.17) is 0 Å². The molecular formula is C14H18N2O. The number of hydrogen-bond donors (Lipinski definition) is 1. The molecule has 0 aromatic heterocycles. The van der Waals surface area contributed by atoms with Crippen molar-refractivity contribution >= 4 is 12.1 Å². The van der Waals surface area contributed by atoms with Crippen LogP contribution in [0.5, 0.6) is 0 Å². The molecule has 2 rings (SSSR count). The van der Waals surface area contributed by atoms with Crippen molar-refractivity contribution in [3.8, 4) is 0 Å². The molecule has 90 valence electrons. The van der Waals surface area contributed by atoms with Gasteiger partial charge in [-0.3, -0.25) is 4.79 Å². The van der Waals surface area contributed by atoms with Crippen molar-refractivity contribution in [1.29, 1.82) is 0 Å². The summed E-state index contributed by atoms with van der Waals surface area (Å²) in [4.78, 5) is 11.7. The molecule has 3 nitrogen and oxygen atoms in total. The number of hydrogen-bond acceptors (Lipinski definition) is 2. The van der Waals surface area contributed by atoms with Crippen molar-refractivity contribution in [3.05, 3.63) is 35.9 Å². The Morgan fingerprint density at radius 3 is 2.76 bits per heavy atom. The molecule has 1 saturated carbocycles. The highest BCUT2D eigenvalue weighted by atomic mass is 16.2. The van der Waals surface area contributed by atoms with Crippen LogP contribution in [0.3, 0.4) is 0 Å². The molecule has 0 aliphatic heterocycles. The second kappa shape index (κ2) is 5.13. The summed E-state index contributed by atoms with van der Waals surface area (Å²) in [6.45, 7) is 4.05. The highest BCUT2D eigenvalue weighted by Crippen LogP contribution is 2.47. The third-order valence-electron chi connectivity index (χ3n) is 2.90. The molecule has 17 heavy (non-hydrogen) atoms. The van der Waals surface area contributed by atoms with Crippen LogP contribution in [-0.4, -0.2) is 12.1 Å². The standard InChI is InChI=1S/C14H18N2O/c1-10(2)9-15-16-14(17)13-8-12(13)11-6-4-3-5-7-11/h3-7,9-10,12-13H,8H2,1-2H3,(H,16,17). The number of rotatable bonds is 4. The Hall–Kier alpha value is -1.64. The molecule has 2 unspecified atom stereocenters. The largest absolute Gasteiger partial charge is 0.273 e. The summed E-state index contributed by atoms with van der Waals surface area (Å²) < 4.78 is 0. The first-order valence-electron chi connectivity index (χ1n) is 6.06. The molecule has 1 amide bonds. The van der Waals surface area contributed by atoms with E-state index in [1.807, 2.05) is 32.0 Å². The van der Waals surface area contributed by atoms with Gasteiger partial charge in [0, 0.05) is 12.1 Å². The van der Waals surface area contributed by atoms with Gasteiger partial charge >= 0.3 is 0 Å². The van der Waals surface area contributed by atoms with E-state index in [0.717, 1.165) is 6.42 Å². The number of carbonyl (C=O) groups excluding carboxylic acids is 1. The van der Waals surface area contributed by atoms with Crippen molar-refractivity contribution in [1.82, 2.24) is 5.43 Å². The molecule has 1 N–H and O–H groups in total. The van der Waals surface area contributed by atoms with Crippen molar-refractivity contribution in [2.24, 2.45) is 16.9 Å². The number of hydrazone groups is 1. The van der Waals surface area contributed by atoms with E-state index in [-0.39, 0.29) is 11.8 Å². The molecule has 0 saturated heterocycles. The third-order valence-corrected chi connectivity index (χ3v) is 2.90. The highest BCUT2D eigenvalue weighted by molar-refractivity contribution is 5.83. The molecular weight excluding hydrogens is 212 g/mol. The lowest BCUT2D eigenvalue weighted by Crippen LogP contribution is -2.20. The lowest BCUT2D eigenvalue weighted by Gasteiger charge is -2.00. The lowest BCUT2D eigenvalue weighted by molar-refractivity contribution is -0.122. The topological polar surface area (TPSA) is 41.5 Å². The van der Waals surface area contributed by atoms with Gasteiger partial charge in [-0.2, -0.15) is 5.10 Å². The fourth-order valence-electron chi connectivity index (χ4n) is 1.89. The van der Waals surface area contributed by atoms with Gasteiger partial charge in [0.25, 0.3) is 0 Å². The summed E-state index contributed by atoms with van der Waals surface area (Å²) in [5, 5.41) is 3.94. The number of amides is 1. The molecule has 0 bridgehead atoms. The first-order valence-corrected chi connectivity index (χ1v) is 6.06. The number of benzene rings is 1. The zero-order valence-corrected chi connectivity index (χ0v) is 10.3. The molecule has 1 aliphatic carbocycles. The number of nitrogens with one attached hydrogen (secondary N) is 1. The minimum Gasteiger partial charge on any atom is -0.273 e. The molecule has 0 spiro atoms. The van der Waals surface area contributed by atoms with E-state index in [1.54, 1.807) is 6.21 Å². The smallest absolute Gasteiger partial charge is 0.243 e. The average Bonchev–Trinajstić information content (AvgIpc) is 3.09. The first-order chi connectivity index (χ1) is 8.18. The van der Waals surface area contributed by atoms with Gasteiger partial charge in [0.15, 0.2) is 0 Å². The number of nitrogens with zero attached hydrogens (tertiary/aromatic N) is 1. The summed E-state index contributed by atoms with van der Waals surface area (Å²) in [5.74, 6) is 0.877. The van der Waals surface area contributed by atoms with Crippen LogP contribution in [-0.2, 0) is 4.79 Å². The maximum Gasteiger partial charge on any atom is 0.243 e. The van der Waals surface area contributed by atoms with Gasteiger partial charge in [0.05, 0.1) is 0 Å². The van der Waals surface area contributed by atoms with Crippen molar-refractivity contribution in [2.75, 3.05) is 0 Å². The van der Waals surface area contributed by atoms with Gasteiger partial charge in [0.2, 0.25) is 5.91 Å². The first kappa shape index (κ1) is 11.8. The van der Waals surface area contributed by atoms with Crippen LogP contribution >= 0.6 is 0 Å². The quantitative estimate of drug-likeness (QED) is 0.627. The Bertz CT molecular complexity index is 411. The Kier molecular flexibility index (Phi) is 3.57. The van der Waals surface area contributed by atoms with Crippen LogP contribution < -0.4 is 5.43 Å². The normalized spacial score (nSPS) is 23.0. The summed E-state index contributed by atoms with van der Waals surface area (Å²) in [6, 6.07) is 10.2. The number of carbonyl (C=O) groups is 1. The van der Waals surface area contributed by atoms with Crippen LogP contribution in [0.2, 0.25) is 0 Å². The van der Waals surface area contributed by atoms with E-state index in [0.29, 0.717) is 11.8 Å². The Labute approximate surface area is 102 Å². The Morgan fingerprint density at radius 1 is 1.41 bits per heavy atom. The van der Waals surface area contributed by atoms with Crippen molar-refractivity contribution < 1.29 is 4.79 Å². The van der Waals surface area contributed by atoms with Crippen LogP contribution in [0.1, 0.15) is 31.7 Å². The predicted octanol–water partition coefficient (Wildman–Crippen LogP) is 2.55. The minimum absolute atomic E-state index is 0.0377. The monoisotopic (exact) mass is 230 g/mol. The van der Waals surface area contributed by atoms with Gasteiger partial charge in [-0.25, -0.2) is 5.43 Å². The summed E-state index contributed by atoms with van der Waals surface area (Å²) >= 11 is 0. The zero-order chi connectivity index (χ0) is 12.3. The summed E-state index contributed by atoms with van der Waals surface area (Å²) in [6.07, 6.45) is 2.69. The molecule has 0 radical (unpaired) electrons. The fourth-order valence-corrected chi connectivity index (χ4v) is 1.89. The van der Waals surface area contributed by atoms with Gasteiger partial charge in [-0.15, -0.1) is 0 Å². The maximum absolute atomic E-state index is 11.7. The third kappa shape index (κ3) is 3.16. The average molecular weight is 230 g/mol. The molecule has 1 fully saturated rings. The van der Waals surface area contributed by atoms with Crippen molar-refractivity contribution in [2.45, 2.75) is 26.2 Å².